The Morgan fingerprint density at radius 2 is 1.89 bits per heavy atom. The molecule has 18 heavy (non-hydrogen) atoms. The molecule has 0 aliphatic carbocycles. The van der Waals surface area contributed by atoms with E-state index in [1.807, 2.05) is 32.0 Å². The molecule has 4 nitrogen and oxygen atoms in total. The molecular weight excluding hydrogens is 224 g/mol. The summed E-state index contributed by atoms with van der Waals surface area (Å²) in [6.07, 6.45) is 1.91. The van der Waals surface area contributed by atoms with Crippen LogP contribution < -0.4 is 10.2 Å². The average molecular weight is 244 g/mol. The lowest BCUT2D eigenvalue weighted by Crippen LogP contribution is -2.08. The number of nitrogens with zero attached hydrogens (tertiary/aromatic N) is 3. The van der Waals surface area contributed by atoms with Crippen LogP contribution in [0.3, 0.4) is 0 Å². The monoisotopic (exact) mass is 244 g/mol. The minimum absolute atomic E-state index is 0.807. The quantitative estimate of drug-likeness (QED) is 0.896. The fourth-order valence-electron chi connectivity index (χ4n) is 1.79. The zero-order valence-electron chi connectivity index (χ0n) is 11.4. The van der Waals surface area contributed by atoms with E-state index in [4.69, 9.17) is 0 Å². The molecular formula is C14H20N4. The molecule has 0 amide bonds. The Bertz CT molecular complexity index is 511. The lowest BCUT2D eigenvalue weighted by atomic mass is 10.2. The lowest BCUT2D eigenvalue weighted by Gasteiger charge is -2.13. The fourth-order valence-corrected chi connectivity index (χ4v) is 1.79. The largest absolute Gasteiger partial charge is 0.381 e. The maximum Gasteiger partial charge on any atom is 0.0542 e. The molecule has 0 fully saturated rings. The van der Waals surface area contributed by atoms with E-state index < -0.39 is 0 Å². The van der Waals surface area contributed by atoms with Crippen LogP contribution in [0.4, 0.5) is 11.4 Å². The van der Waals surface area contributed by atoms with Gasteiger partial charge < -0.3 is 10.2 Å². The number of hydrogen-bond acceptors (Lipinski definition) is 3. The number of nitrogens with one attached hydrogen (secondary N) is 1. The van der Waals surface area contributed by atoms with Crippen molar-refractivity contribution in [1.29, 1.82) is 0 Å². The third-order valence-corrected chi connectivity index (χ3v) is 3.20. The first kappa shape index (κ1) is 12.5. The van der Waals surface area contributed by atoms with Gasteiger partial charge in [0.05, 0.1) is 6.20 Å². The highest BCUT2D eigenvalue weighted by atomic mass is 15.3. The molecule has 1 aromatic heterocycles. The predicted molar refractivity (Wildman–Crippen MR) is 76.0 cm³/mol. The highest BCUT2D eigenvalue weighted by molar-refractivity contribution is 5.54. The molecule has 96 valence electrons. The summed E-state index contributed by atoms with van der Waals surface area (Å²) < 4.78 is 1.89. The van der Waals surface area contributed by atoms with E-state index >= 15 is 0 Å². The second kappa shape index (κ2) is 5.12. The van der Waals surface area contributed by atoms with Gasteiger partial charge in [0.2, 0.25) is 0 Å². The smallest absolute Gasteiger partial charge is 0.0542 e. The fraction of sp³-hybridized carbons (Fsp3) is 0.357. The van der Waals surface area contributed by atoms with Crippen molar-refractivity contribution < 1.29 is 0 Å². The van der Waals surface area contributed by atoms with Crippen molar-refractivity contribution in [3.8, 4) is 0 Å². The van der Waals surface area contributed by atoms with Crippen molar-refractivity contribution in [3.05, 3.63) is 41.7 Å². The molecule has 2 rings (SSSR count). The Hall–Kier alpha value is -1.97. The van der Waals surface area contributed by atoms with Crippen molar-refractivity contribution in [3.63, 3.8) is 0 Å². The Morgan fingerprint density at radius 3 is 2.39 bits per heavy atom. The van der Waals surface area contributed by atoms with Gasteiger partial charge >= 0.3 is 0 Å². The number of hydrogen-bond donors (Lipinski definition) is 1. The summed E-state index contributed by atoms with van der Waals surface area (Å²) >= 11 is 0. The summed E-state index contributed by atoms with van der Waals surface area (Å²) in [5, 5.41) is 7.65. The van der Waals surface area contributed by atoms with Crippen LogP contribution in [-0.2, 0) is 13.6 Å². The van der Waals surface area contributed by atoms with E-state index in [1.54, 1.807) is 0 Å². The zero-order valence-corrected chi connectivity index (χ0v) is 11.4. The van der Waals surface area contributed by atoms with Crippen LogP contribution >= 0.6 is 0 Å². The number of rotatable bonds is 4. The molecule has 0 aliphatic rings. The van der Waals surface area contributed by atoms with Gasteiger partial charge in [-0.05, 0) is 31.2 Å². The van der Waals surface area contributed by atoms with Crippen molar-refractivity contribution >= 4 is 11.4 Å². The van der Waals surface area contributed by atoms with E-state index in [9.17, 15) is 0 Å². The van der Waals surface area contributed by atoms with Crippen LogP contribution in [0, 0.1) is 6.92 Å². The molecule has 1 N–H and O–H groups in total. The molecule has 0 spiro atoms. The maximum absolute atomic E-state index is 4.24. The number of aromatic nitrogens is 2. The van der Waals surface area contributed by atoms with Crippen LogP contribution in [0.15, 0.2) is 30.5 Å². The normalized spacial score (nSPS) is 10.4. The zero-order chi connectivity index (χ0) is 13.1. The van der Waals surface area contributed by atoms with Crippen molar-refractivity contribution in [2.45, 2.75) is 13.5 Å². The molecule has 1 heterocycles. The van der Waals surface area contributed by atoms with Gasteiger partial charge in [-0.25, -0.2) is 0 Å². The Kier molecular flexibility index (Phi) is 3.55. The maximum atomic E-state index is 4.24. The average Bonchev–Trinajstić information content (AvgIpc) is 2.68. The van der Waals surface area contributed by atoms with Crippen LogP contribution in [-0.4, -0.2) is 23.9 Å². The first-order valence-corrected chi connectivity index (χ1v) is 6.06. The summed E-state index contributed by atoms with van der Waals surface area (Å²) in [5.41, 5.74) is 4.77. The third kappa shape index (κ3) is 2.64. The number of anilines is 2. The molecule has 0 atom stereocenters. The molecule has 0 radical (unpaired) electrons. The second-order valence-corrected chi connectivity index (χ2v) is 4.67. The van der Waals surface area contributed by atoms with Gasteiger partial charge in [-0.1, -0.05) is 0 Å². The van der Waals surface area contributed by atoms with Crippen molar-refractivity contribution in [2.75, 3.05) is 24.3 Å². The van der Waals surface area contributed by atoms with E-state index in [1.165, 1.54) is 16.9 Å². The van der Waals surface area contributed by atoms with Crippen LogP contribution in [0.1, 0.15) is 11.3 Å². The summed E-state index contributed by atoms with van der Waals surface area (Å²) in [6.45, 7) is 2.89. The minimum Gasteiger partial charge on any atom is -0.381 e. The molecule has 0 aliphatic heterocycles. The Morgan fingerprint density at radius 1 is 1.22 bits per heavy atom. The van der Waals surface area contributed by atoms with Crippen molar-refractivity contribution in [1.82, 2.24) is 9.78 Å². The van der Waals surface area contributed by atoms with E-state index in [0.29, 0.717) is 0 Å². The first-order chi connectivity index (χ1) is 8.58. The summed E-state index contributed by atoms with van der Waals surface area (Å²) in [4.78, 5) is 2.09. The summed E-state index contributed by atoms with van der Waals surface area (Å²) in [7, 11) is 6.05. The van der Waals surface area contributed by atoms with Crippen LogP contribution in [0.25, 0.3) is 0 Å². The molecule has 0 unspecified atom stereocenters. The number of aryl methyl sites for hydroxylation is 1. The topological polar surface area (TPSA) is 33.1 Å². The van der Waals surface area contributed by atoms with Gasteiger partial charge in [-0.2, -0.15) is 5.10 Å². The van der Waals surface area contributed by atoms with Gasteiger partial charge in [0, 0.05) is 50.3 Å². The highest BCUT2D eigenvalue weighted by Gasteiger charge is 2.03. The van der Waals surface area contributed by atoms with Gasteiger partial charge in [0.25, 0.3) is 0 Å². The standard InChI is InChI=1S/C14H20N4/c1-11-12(10-16-18(11)4)9-15-13-5-7-14(8-6-13)17(2)3/h5-8,10,15H,9H2,1-4H3. The SMILES string of the molecule is Cc1c(CNc2ccc(N(C)C)cc2)cnn1C. The van der Waals surface area contributed by atoms with Gasteiger partial charge in [0.1, 0.15) is 0 Å². The molecule has 2 aromatic rings. The van der Waals surface area contributed by atoms with E-state index in [0.717, 1.165) is 12.2 Å². The molecule has 0 saturated heterocycles. The first-order valence-electron chi connectivity index (χ1n) is 6.06. The Labute approximate surface area is 108 Å². The highest BCUT2D eigenvalue weighted by Crippen LogP contribution is 2.16. The third-order valence-electron chi connectivity index (χ3n) is 3.20. The van der Waals surface area contributed by atoms with Crippen molar-refractivity contribution in [2.24, 2.45) is 7.05 Å². The summed E-state index contributed by atoms with van der Waals surface area (Å²) in [6, 6.07) is 8.42. The van der Waals surface area contributed by atoms with Gasteiger partial charge in [-0.15, -0.1) is 0 Å². The number of benzene rings is 1. The molecule has 0 saturated carbocycles. The molecule has 0 bridgehead atoms. The lowest BCUT2D eigenvalue weighted by molar-refractivity contribution is 0.738. The second-order valence-electron chi connectivity index (χ2n) is 4.67. The van der Waals surface area contributed by atoms with Gasteiger partial charge in [-0.3, -0.25) is 4.68 Å². The molecule has 1 aromatic carbocycles. The predicted octanol–water partition coefficient (Wildman–Crippen LogP) is 2.41. The van der Waals surface area contributed by atoms with Crippen LogP contribution in [0.5, 0.6) is 0 Å². The van der Waals surface area contributed by atoms with E-state index in [-0.39, 0.29) is 0 Å². The summed E-state index contributed by atoms with van der Waals surface area (Å²) in [5.74, 6) is 0. The Balaban J connectivity index is 2.00. The minimum atomic E-state index is 0.807. The molecule has 4 heteroatoms. The van der Waals surface area contributed by atoms with E-state index in [2.05, 4.69) is 46.5 Å². The van der Waals surface area contributed by atoms with Crippen LogP contribution in [0.2, 0.25) is 0 Å². The van der Waals surface area contributed by atoms with Gasteiger partial charge in [0.15, 0.2) is 0 Å².